The van der Waals surface area contributed by atoms with Gasteiger partial charge in [-0.3, -0.25) is 19.7 Å². The van der Waals surface area contributed by atoms with Gasteiger partial charge in [0.15, 0.2) is 0 Å². The lowest BCUT2D eigenvalue weighted by molar-refractivity contribution is -0.384. The van der Waals surface area contributed by atoms with E-state index in [1.54, 1.807) is 30.0 Å². The molecule has 0 unspecified atom stereocenters. The number of nitrogens with zero attached hydrogens (tertiary/aromatic N) is 5. The molecule has 0 radical (unpaired) electrons. The molecule has 33 heavy (non-hydrogen) atoms. The van der Waals surface area contributed by atoms with Crippen molar-refractivity contribution in [1.82, 2.24) is 19.2 Å². The van der Waals surface area contributed by atoms with E-state index in [4.69, 9.17) is 4.74 Å². The van der Waals surface area contributed by atoms with E-state index in [0.29, 0.717) is 49.6 Å². The van der Waals surface area contributed by atoms with Crippen molar-refractivity contribution in [2.75, 3.05) is 19.7 Å². The molecule has 1 amide bonds. The molecule has 1 aliphatic rings. The fourth-order valence-electron chi connectivity index (χ4n) is 4.04. The van der Waals surface area contributed by atoms with E-state index in [1.807, 2.05) is 29.9 Å². The summed E-state index contributed by atoms with van der Waals surface area (Å²) < 4.78 is 8.54. The molecule has 1 aliphatic heterocycles. The molecule has 172 valence electrons. The number of nitro benzene ring substituents is 1. The summed E-state index contributed by atoms with van der Waals surface area (Å²) in [4.78, 5) is 37.8. The Kier molecular flexibility index (Phi) is 6.25. The fourth-order valence-corrected chi connectivity index (χ4v) is 4.04. The van der Waals surface area contributed by atoms with Crippen LogP contribution in [0, 0.1) is 16.0 Å². The minimum Gasteiger partial charge on any atom is -0.466 e. The monoisotopic (exact) mass is 451 g/mol. The maximum absolute atomic E-state index is 13.5. The Balaban J connectivity index is 1.64. The summed E-state index contributed by atoms with van der Waals surface area (Å²) in [6.45, 7) is 3.00. The molecule has 0 saturated carbocycles. The topological polar surface area (TPSA) is 113 Å². The van der Waals surface area contributed by atoms with Crippen LogP contribution in [0.4, 0.5) is 5.69 Å². The van der Waals surface area contributed by atoms with Crippen molar-refractivity contribution in [3.63, 3.8) is 0 Å². The molecule has 0 spiro atoms. The van der Waals surface area contributed by atoms with Crippen LogP contribution in [-0.4, -0.2) is 55.7 Å². The number of aromatic nitrogens is 3. The number of hydrogen-bond donors (Lipinski definition) is 0. The number of amides is 1. The summed E-state index contributed by atoms with van der Waals surface area (Å²) >= 11 is 0. The fraction of sp³-hybridized carbons (Fsp3) is 0.348. The summed E-state index contributed by atoms with van der Waals surface area (Å²) in [7, 11) is 1.89. The highest BCUT2D eigenvalue weighted by Gasteiger charge is 2.30. The van der Waals surface area contributed by atoms with E-state index in [2.05, 4.69) is 5.10 Å². The lowest BCUT2D eigenvalue weighted by Crippen LogP contribution is -2.41. The molecule has 0 atom stereocenters. The van der Waals surface area contributed by atoms with Crippen molar-refractivity contribution in [2.45, 2.75) is 19.8 Å². The average Bonchev–Trinajstić information content (AvgIpc) is 3.45. The van der Waals surface area contributed by atoms with Gasteiger partial charge in [-0.15, -0.1) is 0 Å². The number of piperidine rings is 1. The molecule has 0 aliphatic carbocycles. The van der Waals surface area contributed by atoms with Gasteiger partial charge in [0.25, 0.3) is 11.6 Å². The molecule has 3 heterocycles. The number of aryl methyl sites for hydroxylation is 1. The van der Waals surface area contributed by atoms with Crippen molar-refractivity contribution in [3.05, 3.63) is 64.5 Å². The van der Waals surface area contributed by atoms with Crippen molar-refractivity contribution in [1.29, 1.82) is 0 Å². The number of rotatable bonds is 6. The summed E-state index contributed by atoms with van der Waals surface area (Å²) in [5.41, 5.74) is 2.32. The molecular weight excluding hydrogens is 426 g/mol. The van der Waals surface area contributed by atoms with E-state index in [0.717, 1.165) is 5.69 Å². The van der Waals surface area contributed by atoms with Crippen molar-refractivity contribution in [2.24, 2.45) is 13.0 Å². The van der Waals surface area contributed by atoms with Crippen LogP contribution in [0.3, 0.4) is 0 Å². The van der Waals surface area contributed by atoms with Gasteiger partial charge < -0.3 is 14.2 Å². The molecule has 10 nitrogen and oxygen atoms in total. The zero-order chi connectivity index (χ0) is 23.5. The Morgan fingerprint density at radius 3 is 2.45 bits per heavy atom. The van der Waals surface area contributed by atoms with Crippen molar-refractivity contribution in [3.8, 4) is 17.1 Å². The number of likely N-dealkylation sites (tertiary alicyclic amines) is 1. The summed E-state index contributed by atoms with van der Waals surface area (Å²) in [6.07, 6.45) is 2.98. The lowest BCUT2D eigenvalue weighted by Gasteiger charge is -2.30. The Labute approximate surface area is 190 Å². The van der Waals surface area contributed by atoms with Crippen LogP contribution in [0.5, 0.6) is 0 Å². The van der Waals surface area contributed by atoms with E-state index in [9.17, 15) is 19.7 Å². The Bertz CT molecular complexity index is 1170. The molecule has 2 aromatic heterocycles. The van der Waals surface area contributed by atoms with Crippen LogP contribution in [0.1, 0.15) is 30.3 Å². The van der Waals surface area contributed by atoms with Crippen LogP contribution in [0.25, 0.3) is 17.1 Å². The quantitative estimate of drug-likeness (QED) is 0.323. The summed E-state index contributed by atoms with van der Waals surface area (Å²) in [5, 5.41) is 15.7. The maximum atomic E-state index is 13.5. The normalized spacial score (nSPS) is 14.3. The van der Waals surface area contributed by atoms with Crippen molar-refractivity contribution >= 4 is 17.6 Å². The summed E-state index contributed by atoms with van der Waals surface area (Å²) in [5.74, 6) is -0.623. The first-order chi connectivity index (χ1) is 15.9. The Morgan fingerprint density at radius 1 is 1.18 bits per heavy atom. The van der Waals surface area contributed by atoms with E-state index < -0.39 is 4.92 Å². The molecule has 4 rings (SSSR count). The first kappa shape index (κ1) is 22.3. The molecular formula is C23H25N5O5. The SMILES string of the molecule is CCOC(=O)C1CCN(C(=O)c2cc(-c3cccn3C)nn2-c2ccc([N+](=O)[O-])cc2)CC1. The van der Waals surface area contributed by atoms with E-state index >= 15 is 0 Å². The molecule has 1 fully saturated rings. The third-order valence-electron chi connectivity index (χ3n) is 5.84. The third-order valence-corrected chi connectivity index (χ3v) is 5.84. The van der Waals surface area contributed by atoms with Gasteiger partial charge in [0.05, 0.1) is 28.8 Å². The third kappa shape index (κ3) is 4.50. The lowest BCUT2D eigenvalue weighted by atomic mass is 9.97. The average molecular weight is 451 g/mol. The van der Waals surface area contributed by atoms with Crippen LogP contribution in [0.2, 0.25) is 0 Å². The number of non-ortho nitro benzene ring substituents is 1. The zero-order valence-electron chi connectivity index (χ0n) is 18.5. The predicted octanol–water partition coefficient (Wildman–Crippen LogP) is 3.20. The largest absolute Gasteiger partial charge is 0.466 e. The van der Waals surface area contributed by atoms with Gasteiger partial charge in [0, 0.05) is 38.5 Å². The highest BCUT2D eigenvalue weighted by Crippen LogP contribution is 2.26. The van der Waals surface area contributed by atoms with Gasteiger partial charge in [-0.2, -0.15) is 5.10 Å². The smallest absolute Gasteiger partial charge is 0.309 e. The number of ether oxygens (including phenoxy) is 1. The summed E-state index contributed by atoms with van der Waals surface area (Å²) in [6, 6.07) is 11.4. The first-order valence-electron chi connectivity index (χ1n) is 10.8. The number of carbonyl (C=O) groups is 2. The Morgan fingerprint density at radius 2 is 1.88 bits per heavy atom. The number of nitro groups is 1. The van der Waals surface area contributed by atoms with E-state index in [1.165, 1.54) is 16.8 Å². The second kappa shape index (κ2) is 9.27. The van der Waals surface area contributed by atoms with Gasteiger partial charge in [0.1, 0.15) is 11.4 Å². The minimum atomic E-state index is -0.470. The van der Waals surface area contributed by atoms with Crippen LogP contribution in [0.15, 0.2) is 48.7 Å². The zero-order valence-corrected chi connectivity index (χ0v) is 18.5. The highest BCUT2D eigenvalue weighted by molar-refractivity contribution is 5.94. The predicted molar refractivity (Wildman–Crippen MR) is 120 cm³/mol. The van der Waals surface area contributed by atoms with Gasteiger partial charge in [-0.25, -0.2) is 4.68 Å². The number of esters is 1. The Hall–Kier alpha value is -3.95. The molecule has 0 N–H and O–H groups in total. The van der Waals surface area contributed by atoms with Gasteiger partial charge in [-0.05, 0) is 50.1 Å². The van der Waals surface area contributed by atoms with Gasteiger partial charge >= 0.3 is 5.97 Å². The second-order valence-electron chi connectivity index (χ2n) is 7.92. The second-order valence-corrected chi connectivity index (χ2v) is 7.92. The maximum Gasteiger partial charge on any atom is 0.309 e. The van der Waals surface area contributed by atoms with E-state index in [-0.39, 0.29) is 23.5 Å². The molecule has 1 saturated heterocycles. The number of benzene rings is 1. The standard InChI is InChI=1S/C23H25N5O5/c1-3-33-23(30)16-10-13-26(14-11-16)22(29)21-15-19(20-5-4-12-25(20)2)24-27(21)17-6-8-18(9-7-17)28(31)32/h4-9,12,15-16H,3,10-11,13-14H2,1-2H3. The van der Waals surface area contributed by atoms with Gasteiger partial charge in [-0.1, -0.05) is 0 Å². The first-order valence-corrected chi connectivity index (χ1v) is 10.8. The van der Waals surface area contributed by atoms with Crippen LogP contribution in [-0.2, 0) is 16.6 Å². The molecule has 3 aromatic rings. The number of hydrogen-bond acceptors (Lipinski definition) is 6. The minimum absolute atomic E-state index is 0.0394. The van der Waals surface area contributed by atoms with Gasteiger partial charge in [0.2, 0.25) is 0 Å². The highest BCUT2D eigenvalue weighted by atomic mass is 16.6. The van der Waals surface area contributed by atoms with Crippen LogP contribution >= 0.6 is 0 Å². The molecule has 0 bridgehead atoms. The number of carbonyl (C=O) groups excluding carboxylic acids is 2. The van der Waals surface area contributed by atoms with Crippen LogP contribution < -0.4 is 0 Å². The van der Waals surface area contributed by atoms with Crippen molar-refractivity contribution < 1.29 is 19.2 Å². The molecule has 10 heteroatoms. The molecule has 1 aromatic carbocycles.